The first-order chi connectivity index (χ1) is 14.1. The van der Waals surface area contributed by atoms with Crippen molar-refractivity contribution in [3.63, 3.8) is 0 Å². The first-order valence-corrected chi connectivity index (χ1v) is 9.98. The fourth-order valence-electron chi connectivity index (χ4n) is 3.39. The van der Waals surface area contributed by atoms with Crippen molar-refractivity contribution in [2.45, 2.75) is 6.92 Å². The minimum atomic E-state index is -0.335. The molecule has 7 heteroatoms. The highest BCUT2D eigenvalue weighted by molar-refractivity contribution is 9.10. The number of ether oxygens (including phenoxy) is 2. The Hall–Kier alpha value is -3.06. The maximum absolute atomic E-state index is 14.7. The number of hydrogen-bond donors (Lipinski definition) is 1. The molecule has 1 N–H and O–H groups in total. The zero-order valence-corrected chi connectivity index (χ0v) is 17.2. The van der Waals surface area contributed by atoms with Gasteiger partial charge < -0.3 is 14.8 Å². The molecule has 146 valence electrons. The number of halogens is 2. The standard InChI is InChI=1S/C22H17BrFN3O2/c1-13-2-7-20-26-21(16-10-14(23)3-5-17(16)24)22(27(20)12-13)25-15-4-6-18-19(11-15)29-9-8-28-18/h2-7,10-12,25H,8-9H2,1H3. The Morgan fingerprint density at radius 2 is 1.86 bits per heavy atom. The molecule has 4 aromatic rings. The van der Waals surface area contributed by atoms with E-state index in [4.69, 9.17) is 14.5 Å². The number of benzene rings is 2. The Morgan fingerprint density at radius 1 is 1.03 bits per heavy atom. The number of nitrogens with one attached hydrogen (secondary N) is 1. The Balaban J connectivity index is 1.67. The second-order valence-electron chi connectivity index (χ2n) is 6.85. The maximum atomic E-state index is 14.7. The van der Waals surface area contributed by atoms with E-state index in [1.807, 2.05) is 47.9 Å². The van der Waals surface area contributed by atoms with Crippen LogP contribution in [0.25, 0.3) is 16.9 Å². The first-order valence-electron chi connectivity index (χ1n) is 9.19. The molecule has 0 radical (unpaired) electrons. The van der Waals surface area contributed by atoms with Gasteiger partial charge in [-0.1, -0.05) is 22.0 Å². The summed E-state index contributed by atoms with van der Waals surface area (Å²) in [5.41, 5.74) is 3.55. The molecule has 0 unspecified atom stereocenters. The van der Waals surface area contributed by atoms with Crippen molar-refractivity contribution in [3.05, 3.63) is 70.6 Å². The molecule has 2 aromatic heterocycles. The molecular weight excluding hydrogens is 437 g/mol. The second kappa shape index (κ2) is 7.08. The second-order valence-corrected chi connectivity index (χ2v) is 7.77. The highest BCUT2D eigenvalue weighted by atomic mass is 79.9. The number of nitrogens with zero attached hydrogens (tertiary/aromatic N) is 2. The molecule has 5 rings (SSSR count). The van der Waals surface area contributed by atoms with Crippen molar-refractivity contribution in [1.82, 2.24) is 9.38 Å². The Morgan fingerprint density at radius 3 is 2.72 bits per heavy atom. The largest absolute Gasteiger partial charge is 0.486 e. The molecule has 1 aliphatic heterocycles. The van der Waals surface area contributed by atoms with Gasteiger partial charge in [0, 0.05) is 28.0 Å². The highest BCUT2D eigenvalue weighted by Gasteiger charge is 2.19. The number of aromatic nitrogens is 2. The molecule has 5 nitrogen and oxygen atoms in total. The summed E-state index contributed by atoms with van der Waals surface area (Å²) < 4.78 is 28.7. The van der Waals surface area contributed by atoms with Crippen LogP contribution in [0.3, 0.4) is 0 Å². The van der Waals surface area contributed by atoms with Gasteiger partial charge in [-0.3, -0.25) is 4.40 Å². The zero-order valence-electron chi connectivity index (χ0n) is 15.6. The topological polar surface area (TPSA) is 47.8 Å². The molecule has 3 heterocycles. The van der Waals surface area contributed by atoms with Crippen LogP contribution in [0.1, 0.15) is 5.56 Å². The fourth-order valence-corrected chi connectivity index (χ4v) is 3.76. The van der Waals surface area contributed by atoms with Crippen molar-refractivity contribution in [2.24, 2.45) is 0 Å². The van der Waals surface area contributed by atoms with Crippen LogP contribution in [0.2, 0.25) is 0 Å². The number of rotatable bonds is 3. The van der Waals surface area contributed by atoms with E-state index >= 15 is 0 Å². The van der Waals surface area contributed by atoms with Crippen LogP contribution in [-0.4, -0.2) is 22.6 Å². The van der Waals surface area contributed by atoms with Crippen LogP contribution >= 0.6 is 15.9 Å². The van der Waals surface area contributed by atoms with Gasteiger partial charge >= 0.3 is 0 Å². The minimum Gasteiger partial charge on any atom is -0.486 e. The van der Waals surface area contributed by atoms with Crippen LogP contribution in [0.5, 0.6) is 11.5 Å². The quantitative estimate of drug-likeness (QED) is 0.430. The monoisotopic (exact) mass is 453 g/mol. The summed E-state index contributed by atoms with van der Waals surface area (Å²) in [6.07, 6.45) is 1.97. The van der Waals surface area contributed by atoms with E-state index in [9.17, 15) is 4.39 Å². The van der Waals surface area contributed by atoms with Crippen molar-refractivity contribution in [3.8, 4) is 22.8 Å². The summed E-state index contributed by atoms with van der Waals surface area (Å²) in [4.78, 5) is 4.69. The third-order valence-electron chi connectivity index (χ3n) is 4.75. The Kier molecular flexibility index (Phi) is 4.39. The molecule has 0 amide bonds. The lowest BCUT2D eigenvalue weighted by Crippen LogP contribution is -2.15. The van der Waals surface area contributed by atoms with Gasteiger partial charge in [-0.15, -0.1) is 0 Å². The van der Waals surface area contributed by atoms with Crippen molar-refractivity contribution >= 4 is 33.1 Å². The van der Waals surface area contributed by atoms with Crippen LogP contribution in [0.4, 0.5) is 15.9 Å². The molecule has 0 bridgehead atoms. The summed E-state index contributed by atoms with van der Waals surface area (Å²) in [7, 11) is 0. The SMILES string of the molecule is Cc1ccc2nc(-c3cc(Br)ccc3F)c(Nc3ccc4c(c3)OCCO4)n2c1. The molecule has 0 atom stereocenters. The molecule has 0 saturated carbocycles. The van der Waals surface area contributed by atoms with Gasteiger partial charge in [-0.2, -0.15) is 0 Å². The van der Waals surface area contributed by atoms with Gasteiger partial charge in [0.05, 0.1) is 0 Å². The van der Waals surface area contributed by atoms with E-state index < -0.39 is 0 Å². The summed E-state index contributed by atoms with van der Waals surface area (Å²) in [6, 6.07) is 14.4. The molecular formula is C22H17BrFN3O2. The fraction of sp³-hybridized carbons (Fsp3) is 0.136. The number of hydrogen-bond acceptors (Lipinski definition) is 4. The normalized spacial score (nSPS) is 12.9. The summed E-state index contributed by atoms with van der Waals surface area (Å²) in [6.45, 7) is 3.06. The maximum Gasteiger partial charge on any atom is 0.163 e. The van der Waals surface area contributed by atoms with Crippen LogP contribution in [0, 0.1) is 12.7 Å². The van der Waals surface area contributed by atoms with E-state index in [1.165, 1.54) is 6.07 Å². The summed E-state index contributed by atoms with van der Waals surface area (Å²) >= 11 is 3.43. The van der Waals surface area contributed by atoms with Gasteiger partial charge in [0.1, 0.15) is 36.2 Å². The molecule has 1 aliphatic rings. The third kappa shape index (κ3) is 3.31. The van der Waals surface area contributed by atoms with E-state index in [1.54, 1.807) is 12.1 Å². The summed E-state index contributed by atoms with van der Waals surface area (Å²) in [5, 5.41) is 3.40. The smallest absolute Gasteiger partial charge is 0.163 e. The van der Waals surface area contributed by atoms with Crippen molar-refractivity contribution < 1.29 is 13.9 Å². The lowest BCUT2D eigenvalue weighted by atomic mass is 10.1. The Labute approximate surface area is 175 Å². The van der Waals surface area contributed by atoms with E-state index in [2.05, 4.69) is 21.2 Å². The predicted molar refractivity (Wildman–Crippen MR) is 114 cm³/mol. The minimum absolute atomic E-state index is 0.335. The molecule has 2 aromatic carbocycles. The number of aryl methyl sites for hydroxylation is 1. The zero-order chi connectivity index (χ0) is 20.0. The van der Waals surface area contributed by atoms with Gasteiger partial charge in [-0.05, 0) is 48.9 Å². The van der Waals surface area contributed by atoms with Gasteiger partial charge in [0.25, 0.3) is 0 Å². The van der Waals surface area contributed by atoms with Gasteiger partial charge in [-0.25, -0.2) is 9.37 Å². The van der Waals surface area contributed by atoms with E-state index in [-0.39, 0.29) is 5.82 Å². The van der Waals surface area contributed by atoms with Crippen molar-refractivity contribution in [1.29, 1.82) is 0 Å². The van der Waals surface area contributed by atoms with Gasteiger partial charge in [0.2, 0.25) is 0 Å². The number of imidazole rings is 1. The number of fused-ring (bicyclic) bond motifs is 2. The molecule has 0 spiro atoms. The van der Waals surface area contributed by atoms with E-state index in [0.717, 1.165) is 21.4 Å². The lowest BCUT2D eigenvalue weighted by Gasteiger charge is -2.19. The predicted octanol–water partition coefficient (Wildman–Crippen LogP) is 5.73. The summed E-state index contributed by atoms with van der Waals surface area (Å²) in [5.74, 6) is 1.74. The molecule has 0 fully saturated rings. The average Bonchev–Trinajstić information content (AvgIpc) is 3.07. The van der Waals surface area contributed by atoms with Crippen LogP contribution in [-0.2, 0) is 0 Å². The van der Waals surface area contributed by atoms with E-state index in [0.29, 0.717) is 41.8 Å². The lowest BCUT2D eigenvalue weighted by molar-refractivity contribution is 0.171. The first kappa shape index (κ1) is 18.0. The average molecular weight is 454 g/mol. The Bertz CT molecular complexity index is 1240. The molecule has 0 aliphatic carbocycles. The number of pyridine rings is 1. The highest BCUT2D eigenvalue weighted by Crippen LogP contribution is 2.37. The number of anilines is 2. The van der Waals surface area contributed by atoms with Crippen LogP contribution < -0.4 is 14.8 Å². The molecule has 0 saturated heterocycles. The van der Waals surface area contributed by atoms with Crippen LogP contribution in [0.15, 0.2) is 59.2 Å². The molecule has 29 heavy (non-hydrogen) atoms. The van der Waals surface area contributed by atoms with Crippen molar-refractivity contribution in [2.75, 3.05) is 18.5 Å². The third-order valence-corrected chi connectivity index (χ3v) is 5.25. The van der Waals surface area contributed by atoms with Gasteiger partial charge in [0.15, 0.2) is 11.5 Å².